The highest BCUT2D eigenvalue weighted by Crippen LogP contribution is 2.42. The van der Waals surface area contributed by atoms with Gasteiger partial charge in [-0.1, -0.05) is 48.5 Å². The number of halogens is 2. The minimum atomic E-state index is 0.357. The van der Waals surface area contributed by atoms with Crippen molar-refractivity contribution in [1.82, 2.24) is 5.32 Å². The van der Waals surface area contributed by atoms with Crippen LogP contribution in [0.25, 0.3) is 0 Å². The summed E-state index contributed by atoms with van der Waals surface area (Å²) in [7, 11) is 0. The molecule has 0 heterocycles. The SMILES string of the molecule is Clc1cccc(Cl)c1CC1(CNC2CC2)CCCCC1. The summed E-state index contributed by atoms with van der Waals surface area (Å²) in [5.41, 5.74) is 1.51. The molecule has 0 aromatic heterocycles. The minimum Gasteiger partial charge on any atom is -0.313 e. The molecule has 2 saturated carbocycles. The Hall–Kier alpha value is -0.240. The van der Waals surface area contributed by atoms with Crippen LogP contribution in [0.1, 0.15) is 50.5 Å². The van der Waals surface area contributed by atoms with Crippen molar-refractivity contribution in [2.45, 2.75) is 57.4 Å². The fourth-order valence-corrected chi connectivity index (χ4v) is 3.97. The van der Waals surface area contributed by atoms with Crippen LogP contribution in [0, 0.1) is 5.41 Å². The lowest BCUT2D eigenvalue weighted by Gasteiger charge is -2.38. The van der Waals surface area contributed by atoms with E-state index in [1.165, 1.54) is 44.9 Å². The van der Waals surface area contributed by atoms with Gasteiger partial charge in [0.2, 0.25) is 0 Å². The first-order valence-corrected chi connectivity index (χ1v) is 8.60. The maximum absolute atomic E-state index is 6.38. The average Bonchev–Trinajstić information content (AvgIpc) is 3.27. The summed E-state index contributed by atoms with van der Waals surface area (Å²) in [6.07, 6.45) is 10.4. The Morgan fingerprint density at radius 1 is 1.05 bits per heavy atom. The summed E-state index contributed by atoms with van der Waals surface area (Å²) in [5.74, 6) is 0. The molecule has 0 aliphatic heterocycles. The predicted octanol–water partition coefficient (Wildman–Crippen LogP) is 5.24. The maximum Gasteiger partial charge on any atom is 0.0453 e. The fourth-order valence-electron chi connectivity index (χ4n) is 3.44. The van der Waals surface area contributed by atoms with E-state index in [2.05, 4.69) is 5.32 Å². The largest absolute Gasteiger partial charge is 0.313 e. The highest BCUT2D eigenvalue weighted by Gasteiger charge is 2.35. The molecule has 2 fully saturated rings. The van der Waals surface area contributed by atoms with Crippen molar-refractivity contribution in [2.75, 3.05) is 6.54 Å². The lowest BCUT2D eigenvalue weighted by atomic mass is 9.70. The highest BCUT2D eigenvalue weighted by atomic mass is 35.5. The molecule has 1 N–H and O–H groups in total. The van der Waals surface area contributed by atoms with Crippen molar-refractivity contribution >= 4 is 23.2 Å². The smallest absolute Gasteiger partial charge is 0.0453 e. The Balaban J connectivity index is 1.77. The van der Waals surface area contributed by atoms with Crippen LogP contribution in [0.2, 0.25) is 10.0 Å². The number of rotatable bonds is 5. The van der Waals surface area contributed by atoms with Gasteiger partial charge < -0.3 is 5.32 Å². The third kappa shape index (κ3) is 3.50. The third-order valence-electron chi connectivity index (χ3n) is 4.87. The minimum absolute atomic E-state index is 0.357. The zero-order valence-electron chi connectivity index (χ0n) is 11.9. The molecule has 3 heteroatoms. The van der Waals surface area contributed by atoms with Gasteiger partial charge in [0, 0.05) is 22.6 Å². The standard InChI is InChI=1S/C17H23Cl2N/c18-15-5-4-6-16(19)14(15)11-17(9-2-1-3-10-17)12-20-13-7-8-13/h4-6,13,20H,1-3,7-12H2. The molecule has 0 amide bonds. The van der Waals surface area contributed by atoms with Crippen LogP contribution in [0.3, 0.4) is 0 Å². The number of hydrogen-bond donors (Lipinski definition) is 1. The summed E-state index contributed by atoms with van der Waals surface area (Å²) in [6.45, 7) is 1.12. The molecule has 3 rings (SSSR count). The molecule has 0 bridgehead atoms. The molecule has 2 aliphatic carbocycles. The molecule has 2 aliphatic rings. The summed E-state index contributed by atoms with van der Waals surface area (Å²) in [5, 5.41) is 5.40. The lowest BCUT2D eigenvalue weighted by molar-refractivity contribution is 0.180. The van der Waals surface area contributed by atoms with Gasteiger partial charge in [0.15, 0.2) is 0 Å². The Morgan fingerprint density at radius 3 is 2.30 bits per heavy atom. The van der Waals surface area contributed by atoms with E-state index in [9.17, 15) is 0 Å². The van der Waals surface area contributed by atoms with E-state index in [4.69, 9.17) is 23.2 Å². The molecule has 0 unspecified atom stereocenters. The topological polar surface area (TPSA) is 12.0 Å². The molecule has 110 valence electrons. The van der Waals surface area contributed by atoms with Gasteiger partial charge in [-0.15, -0.1) is 0 Å². The van der Waals surface area contributed by atoms with Crippen molar-refractivity contribution < 1.29 is 0 Å². The lowest BCUT2D eigenvalue weighted by Crippen LogP contribution is -2.39. The van der Waals surface area contributed by atoms with Crippen molar-refractivity contribution in [3.8, 4) is 0 Å². The molecule has 1 aromatic carbocycles. The van der Waals surface area contributed by atoms with Crippen molar-refractivity contribution in [3.05, 3.63) is 33.8 Å². The Kier molecular flexibility index (Phi) is 4.59. The van der Waals surface area contributed by atoms with Crippen LogP contribution >= 0.6 is 23.2 Å². The molecule has 1 aromatic rings. The van der Waals surface area contributed by atoms with Crippen molar-refractivity contribution in [2.24, 2.45) is 5.41 Å². The van der Waals surface area contributed by atoms with Gasteiger partial charge in [-0.2, -0.15) is 0 Å². The highest BCUT2D eigenvalue weighted by molar-refractivity contribution is 6.36. The number of hydrogen-bond acceptors (Lipinski definition) is 1. The van der Waals surface area contributed by atoms with Gasteiger partial charge in [-0.25, -0.2) is 0 Å². The van der Waals surface area contributed by atoms with Gasteiger partial charge >= 0.3 is 0 Å². The van der Waals surface area contributed by atoms with E-state index < -0.39 is 0 Å². The van der Waals surface area contributed by atoms with Gasteiger partial charge in [0.25, 0.3) is 0 Å². The van der Waals surface area contributed by atoms with E-state index in [-0.39, 0.29) is 0 Å². The van der Waals surface area contributed by atoms with E-state index in [1.54, 1.807) is 0 Å². The molecule has 0 spiro atoms. The number of nitrogens with one attached hydrogen (secondary N) is 1. The van der Waals surface area contributed by atoms with Crippen molar-refractivity contribution in [3.63, 3.8) is 0 Å². The second kappa shape index (κ2) is 6.25. The van der Waals surface area contributed by atoms with Gasteiger partial charge in [0.05, 0.1) is 0 Å². The maximum atomic E-state index is 6.38. The first-order chi connectivity index (χ1) is 9.69. The van der Waals surface area contributed by atoms with Crippen molar-refractivity contribution in [1.29, 1.82) is 0 Å². The van der Waals surface area contributed by atoms with Crippen LogP contribution < -0.4 is 5.32 Å². The monoisotopic (exact) mass is 311 g/mol. The zero-order valence-corrected chi connectivity index (χ0v) is 13.4. The first kappa shape index (κ1) is 14.7. The first-order valence-electron chi connectivity index (χ1n) is 7.85. The average molecular weight is 312 g/mol. The van der Waals surface area contributed by atoms with E-state index >= 15 is 0 Å². The normalized spacial score (nSPS) is 21.9. The molecule has 1 nitrogen and oxygen atoms in total. The summed E-state index contributed by atoms with van der Waals surface area (Å²) < 4.78 is 0. The van der Waals surface area contributed by atoms with E-state index in [1.807, 2.05) is 18.2 Å². The summed E-state index contributed by atoms with van der Waals surface area (Å²) in [4.78, 5) is 0. The van der Waals surface area contributed by atoms with Crippen LogP contribution in [0.15, 0.2) is 18.2 Å². The molecular formula is C17H23Cl2N. The second-order valence-corrected chi connectivity index (χ2v) is 7.41. The number of benzene rings is 1. The predicted molar refractivity (Wildman–Crippen MR) is 86.7 cm³/mol. The van der Waals surface area contributed by atoms with Gasteiger partial charge in [0.1, 0.15) is 0 Å². The van der Waals surface area contributed by atoms with E-state index in [0.717, 1.165) is 34.6 Å². The summed E-state index contributed by atoms with van der Waals surface area (Å²) >= 11 is 12.8. The molecule has 0 atom stereocenters. The van der Waals surface area contributed by atoms with Gasteiger partial charge in [-0.3, -0.25) is 0 Å². The van der Waals surface area contributed by atoms with Gasteiger partial charge in [-0.05, 0) is 55.2 Å². The zero-order chi connectivity index (χ0) is 14.0. The van der Waals surface area contributed by atoms with Crippen LogP contribution in [-0.4, -0.2) is 12.6 Å². The fraction of sp³-hybridized carbons (Fsp3) is 0.647. The van der Waals surface area contributed by atoms with Crippen LogP contribution in [0.5, 0.6) is 0 Å². The molecule has 0 radical (unpaired) electrons. The van der Waals surface area contributed by atoms with Crippen LogP contribution in [0.4, 0.5) is 0 Å². The van der Waals surface area contributed by atoms with Crippen LogP contribution in [-0.2, 0) is 6.42 Å². The Bertz CT molecular complexity index is 442. The van der Waals surface area contributed by atoms with E-state index in [0.29, 0.717) is 5.41 Å². The Labute approximate surface area is 132 Å². The Morgan fingerprint density at radius 2 is 1.70 bits per heavy atom. The molecule has 20 heavy (non-hydrogen) atoms. The molecule has 0 saturated heterocycles. The second-order valence-electron chi connectivity index (χ2n) is 6.59. The summed E-state index contributed by atoms with van der Waals surface area (Å²) in [6, 6.07) is 6.64. The third-order valence-corrected chi connectivity index (χ3v) is 5.58. The quantitative estimate of drug-likeness (QED) is 0.784. The molecular weight excluding hydrogens is 289 g/mol.